The van der Waals surface area contributed by atoms with E-state index in [-0.39, 0.29) is 5.54 Å². The van der Waals surface area contributed by atoms with Crippen LogP contribution in [0.4, 0.5) is 0 Å². The molecule has 2 N–H and O–H groups in total. The van der Waals surface area contributed by atoms with Crippen molar-refractivity contribution in [2.24, 2.45) is 12.8 Å². The molecule has 0 amide bonds. The molecular formula is C8H12BrN3O. The Morgan fingerprint density at radius 3 is 2.54 bits per heavy atom. The third kappa shape index (κ3) is 1.22. The molecule has 0 radical (unpaired) electrons. The van der Waals surface area contributed by atoms with Crippen molar-refractivity contribution >= 4 is 15.9 Å². The standard InChI is InChI=1S/C8H12BrN3O/c1-5-11-7(9)6(12(5)2)8(10)3-13-4-8/h3-4,10H2,1-2H3. The smallest absolute Gasteiger partial charge is 0.129 e. The monoisotopic (exact) mass is 245 g/mol. The molecular weight excluding hydrogens is 234 g/mol. The Morgan fingerprint density at radius 2 is 2.23 bits per heavy atom. The van der Waals surface area contributed by atoms with E-state index in [1.54, 1.807) is 0 Å². The number of nitrogens with two attached hydrogens (primary N) is 1. The normalized spacial score (nSPS) is 20.0. The summed E-state index contributed by atoms with van der Waals surface area (Å²) in [5.41, 5.74) is 6.80. The molecule has 0 unspecified atom stereocenters. The number of halogens is 1. The van der Waals surface area contributed by atoms with Gasteiger partial charge >= 0.3 is 0 Å². The largest absolute Gasteiger partial charge is 0.377 e. The molecule has 2 heterocycles. The number of aromatic nitrogens is 2. The summed E-state index contributed by atoms with van der Waals surface area (Å²) in [6, 6.07) is 0. The quantitative estimate of drug-likeness (QED) is 0.792. The van der Waals surface area contributed by atoms with Gasteiger partial charge in [0, 0.05) is 7.05 Å². The Morgan fingerprint density at radius 1 is 1.62 bits per heavy atom. The first-order valence-corrected chi connectivity index (χ1v) is 4.90. The van der Waals surface area contributed by atoms with Crippen LogP contribution in [-0.2, 0) is 17.3 Å². The van der Waals surface area contributed by atoms with Gasteiger partial charge in [-0.15, -0.1) is 0 Å². The molecule has 2 rings (SSSR count). The van der Waals surface area contributed by atoms with Gasteiger partial charge in [0.2, 0.25) is 0 Å². The van der Waals surface area contributed by atoms with Crippen molar-refractivity contribution in [3.8, 4) is 0 Å². The maximum atomic E-state index is 6.12. The molecule has 0 atom stereocenters. The first-order chi connectivity index (χ1) is 6.04. The Labute approximate surface area is 85.2 Å². The summed E-state index contributed by atoms with van der Waals surface area (Å²) in [6.07, 6.45) is 0. The molecule has 1 aliphatic rings. The van der Waals surface area contributed by atoms with Gasteiger partial charge in [-0.3, -0.25) is 0 Å². The molecule has 1 saturated heterocycles. The molecule has 72 valence electrons. The predicted octanol–water partition coefficient (Wildman–Crippen LogP) is 0.675. The number of nitrogens with zero attached hydrogens (tertiary/aromatic N) is 2. The van der Waals surface area contributed by atoms with Crippen LogP contribution in [0.1, 0.15) is 11.5 Å². The lowest BCUT2D eigenvalue weighted by molar-refractivity contribution is -0.0607. The molecule has 13 heavy (non-hydrogen) atoms. The van der Waals surface area contributed by atoms with Crippen LogP contribution >= 0.6 is 15.9 Å². The van der Waals surface area contributed by atoms with Crippen LogP contribution in [0, 0.1) is 6.92 Å². The van der Waals surface area contributed by atoms with Crippen LogP contribution in [-0.4, -0.2) is 22.8 Å². The SMILES string of the molecule is Cc1nc(Br)c(C2(N)COC2)n1C. The minimum absolute atomic E-state index is 0.352. The summed E-state index contributed by atoms with van der Waals surface area (Å²) in [4.78, 5) is 4.30. The van der Waals surface area contributed by atoms with Crippen molar-refractivity contribution < 1.29 is 4.74 Å². The zero-order valence-electron chi connectivity index (χ0n) is 7.67. The van der Waals surface area contributed by atoms with Gasteiger partial charge in [-0.25, -0.2) is 4.98 Å². The minimum Gasteiger partial charge on any atom is -0.377 e. The van der Waals surface area contributed by atoms with E-state index in [0.29, 0.717) is 13.2 Å². The predicted molar refractivity (Wildman–Crippen MR) is 52.3 cm³/mol. The molecule has 0 aliphatic carbocycles. The van der Waals surface area contributed by atoms with E-state index in [1.165, 1.54) is 0 Å². The average molecular weight is 246 g/mol. The van der Waals surface area contributed by atoms with Gasteiger partial charge in [0.1, 0.15) is 16.0 Å². The molecule has 0 bridgehead atoms. The highest BCUT2D eigenvalue weighted by molar-refractivity contribution is 9.10. The summed E-state index contributed by atoms with van der Waals surface area (Å²) < 4.78 is 7.96. The molecule has 0 saturated carbocycles. The Bertz CT molecular complexity index is 343. The topological polar surface area (TPSA) is 53.1 Å². The molecule has 5 heteroatoms. The number of rotatable bonds is 1. The zero-order valence-corrected chi connectivity index (χ0v) is 9.26. The second-order valence-electron chi connectivity index (χ2n) is 3.51. The Balaban J connectivity index is 2.49. The summed E-state index contributed by atoms with van der Waals surface area (Å²) in [6.45, 7) is 3.10. The van der Waals surface area contributed by atoms with Gasteiger partial charge < -0.3 is 15.0 Å². The lowest BCUT2D eigenvalue weighted by Crippen LogP contribution is -2.55. The Kier molecular flexibility index (Phi) is 1.98. The Hall–Kier alpha value is -0.390. The molecule has 0 spiro atoms. The van der Waals surface area contributed by atoms with E-state index in [9.17, 15) is 0 Å². The molecule has 1 aromatic heterocycles. The number of imidazole rings is 1. The van der Waals surface area contributed by atoms with Gasteiger partial charge in [0.25, 0.3) is 0 Å². The van der Waals surface area contributed by atoms with E-state index < -0.39 is 0 Å². The lowest BCUT2D eigenvalue weighted by atomic mass is 9.95. The molecule has 0 aromatic carbocycles. The number of aryl methyl sites for hydroxylation is 1. The fourth-order valence-corrected chi connectivity index (χ4v) is 2.49. The van der Waals surface area contributed by atoms with Crippen LogP contribution in [0.5, 0.6) is 0 Å². The molecule has 1 fully saturated rings. The third-order valence-electron chi connectivity index (χ3n) is 2.47. The molecule has 1 aromatic rings. The maximum Gasteiger partial charge on any atom is 0.129 e. The second-order valence-corrected chi connectivity index (χ2v) is 4.26. The van der Waals surface area contributed by atoms with Crippen molar-refractivity contribution in [2.75, 3.05) is 13.2 Å². The third-order valence-corrected chi connectivity index (χ3v) is 3.02. The molecule has 1 aliphatic heterocycles. The lowest BCUT2D eigenvalue weighted by Gasteiger charge is -2.38. The van der Waals surface area contributed by atoms with E-state index in [1.807, 2.05) is 18.5 Å². The summed E-state index contributed by atoms with van der Waals surface area (Å²) in [5, 5.41) is 0. The summed E-state index contributed by atoms with van der Waals surface area (Å²) >= 11 is 3.41. The zero-order chi connectivity index (χ0) is 9.64. The van der Waals surface area contributed by atoms with Gasteiger partial charge in [-0.2, -0.15) is 0 Å². The van der Waals surface area contributed by atoms with Gasteiger partial charge in [-0.05, 0) is 22.9 Å². The number of ether oxygens (including phenoxy) is 1. The van der Waals surface area contributed by atoms with Crippen LogP contribution < -0.4 is 5.73 Å². The maximum absolute atomic E-state index is 6.12. The fraction of sp³-hybridized carbons (Fsp3) is 0.625. The van der Waals surface area contributed by atoms with Crippen LogP contribution in [0.25, 0.3) is 0 Å². The van der Waals surface area contributed by atoms with Crippen molar-refractivity contribution in [1.82, 2.24) is 9.55 Å². The van der Waals surface area contributed by atoms with E-state index in [0.717, 1.165) is 16.1 Å². The van der Waals surface area contributed by atoms with Crippen LogP contribution in [0.15, 0.2) is 4.60 Å². The van der Waals surface area contributed by atoms with Gasteiger partial charge in [0.05, 0.1) is 18.9 Å². The average Bonchev–Trinajstić information content (AvgIpc) is 2.23. The minimum atomic E-state index is -0.352. The summed E-state index contributed by atoms with van der Waals surface area (Å²) in [5.74, 6) is 0.957. The van der Waals surface area contributed by atoms with E-state index in [4.69, 9.17) is 10.5 Å². The molecule has 4 nitrogen and oxygen atoms in total. The highest BCUT2D eigenvalue weighted by atomic mass is 79.9. The van der Waals surface area contributed by atoms with E-state index in [2.05, 4.69) is 20.9 Å². The number of hydrogen-bond acceptors (Lipinski definition) is 3. The van der Waals surface area contributed by atoms with Gasteiger partial charge in [0.15, 0.2) is 0 Å². The van der Waals surface area contributed by atoms with Crippen molar-refractivity contribution in [3.63, 3.8) is 0 Å². The van der Waals surface area contributed by atoms with Crippen molar-refractivity contribution in [3.05, 3.63) is 16.1 Å². The summed E-state index contributed by atoms with van der Waals surface area (Å²) in [7, 11) is 1.97. The van der Waals surface area contributed by atoms with Crippen molar-refractivity contribution in [1.29, 1.82) is 0 Å². The first kappa shape index (κ1) is 9.18. The van der Waals surface area contributed by atoms with E-state index >= 15 is 0 Å². The fourth-order valence-electron chi connectivity index (χ4n) is 1.57. The van der Waals surface area contributed by atoms with Gasteiger partial charge in [-0.1, -0.05) is 0 Å². The highest BCUT2D eigenvalue weighted by Gasteiger charge is 2.40. The highest BCUT2D eigenvalue weighted by Crippen LogP contribution is 2.32. The number of hydrogen-bond donors (Lipinski definition) is 1. The van der Waals surface area contributed by atoms with Crippen LogP contribution in [0.3, 0.4) is 0 Å². The second kappa shape index (κ2) is 2.80. The van der Waals surface area contributed by atoms with Crippen LogP contribution in [0.2, 0.25) is 0 Å². The first-order valence-electron chi connectivity index (χ1n) is 4.10. The van der Waals surface area contributed by atoms with Crippen molar-refractivity contribution in [2.45, 2.75) is 12.5 Å².